The van der Waals surface area contributed by atoms with E-state index < -0.39 is 13.4 Å². The van der Waals surface area contributed by atoms with E-state index in [2.05, 4.69) is 5.32 Å². The molecule has 1 aromatic rings. The molecular weight excluding hydrogens is 265 g/mol. The molecule has 6 heteroatoms. The highest BCUT2D eigenvalue weighted by atomic mass is 31.2. The van der Waals surface area contributed by atoms with Crippen molar-refractivity contribution in [2.24, 2.45) is 0 Å². The molecule has 1 atom stereocenters. The second-order valence-corrected chi connectivity index (χ2v) is 6.00. The zero-order chi connectivity index (χ0) is 14.3. The lowest BCUT2D eigenvalue weighted by Gasteiger charge is -2.26. The number of amides is 1. The zero-order valence-electron chi connectivity index (χ0n) is 11.5. The smallest absolute Gasteiger partial charge is 0.339 e. The van der Waals surface area contributed by atoms with Gasteiger partial charge in [-0.2, -0.15) is 0 Å². The normalized spacial score (nSPS) is 13.0. The van der Waals surface area contributed by atoms with E-state index >= 15 is 0 Å². The predicted molar refractivity (Wildman–Crippen MR) is 73.9 cm³/mol. The number of hydrogen-bond acceptors (Lipinski definition) is 4. The highest BCUT2D eigenvalue weighted by Crippen LogP contribution is 2.59. The summed E-state index contributed by atoms with van der Waals surface area (Å²) in [5.74, 6) is -1.07. The summed E-state index contributed by atoms with van der Waals surface area (Å²) in [6.45, 7) is 5.35. The van der Waals surface area contributed by atoms with E-state index in [1.807, 2.05) is 18.2 Å². The number of benzene rings is 1. The van der Waals surface area contributed by atoms with Crippen LogP contribution in [0.1, 0.15) is 32.1 Å². The van der Waals surface area contributed by atoms with Crippen LogP contribution in [0.4, 0.5) is 0 Å². The van der Waals surface area contributed by atoms with Crippen LogP contribution in [0.15, 0.2) is 30.3 Å². The lowest BCUT2D eigenvalue weighted by Crippen LogP contribution is -2.27. The second-order valence-electron chi connectivity index (χ2n) is 3.89. The molecule has 0 radical (unpaired) electrons. The van der Waals surface area contributed by atoms with Gasteiger partial charge in [0.2, 0.25) is 5.91 Å². The molecule has 1 N–H and O–H groups in total. The summed E-state index contributed by atoms with van der Waals surface area (Å²) in [6.07, 6.45) is 0. The molecule has 0 heterocycles. The van der Waals surface area contributed by atoms with Gasteiger partial charge in [0, 0.05) is 6.92 Å². The quantitative estimate of drug-likeness (QED) is 0.782. The molecule has 1 aromatic carbocycles. The van der Waals surface area contributed by atoms with Crippen LogP contribution in [0.3, 0.4) is 0 Å². The Balaban J connectivity index is 3.14. The second kappa shape index (κ2) is 7.43. The van der Waals surface area contributed by atoms with Crippen LogP contribution in [0.25, 0.3) is 0 Å². The lowest BCUT2D eigenvalue weighted by molar-refractivity contribution is -0.119. The summed E-state index contributed by atoms with van der Waals surface area (Å²) in [5, 5.41) is 2.65. The minimum absolute atomic E-state index is 0.250. The van der Waals surface area contributed by atoms with Crippen LogP contribution in [-0.4, -0.2) is 19.1 Å². The van der Waals surface area contributed by atoms with Crippen molar-refractivity contribution in [3.63, 3.8) is 0 Å². The highest BCUT2D eigenvalue weighted by Gasteiger charge is 2.37. The molecule has 0 saturated carbocycles. The Kier molecular flexibility index (Phi) is 6.22. The molecule has 0 aliphatic heterocycles. The van der Waals surface area contributed by atoms with Crippen LogP contribution in [-0.2, 0) is 18.4 Å². The van der Waals surface area contributed by atoms with E-state index in [-0.39, 0.29) is 19.1 Å². The van der Waals surface area contributed by atoms with Gasteiger partial charge in [0.05, 0.1) is 13.2 Å². The molecule has 19 heavy (non-hydrogen) atoms. The van der Waals surface area contributed by atoms with E-state index in [4.69, 9.17) is 9.05 Å². The zero-order valence-corrected chi connectivity index (χ0v) is 12.4. The monoisotopic (exact) mass is 285 g/mol. The Morgan fingerprint density at radius 2 is 1.74 bits per heavy atom. The Labute approximate surface area is 113 Å². The lowest BCUT2D eigenvalue weighted by atomic mass is 10.2. The van der Waals surface area contributed by atoms with Crippen molar-refractivity contribution < 1.29 is 18.4 Å². The molecule has 0 aliphatic carbocycles. The van der Waals surface area contributed by atoms with Gasteiger partial charge in [-0.15, -0.1) is 0 Å². The van der Waals surface area contributed by atoms with Crippen LogP contribution in [0.2, 0.25) is 0 Å². The first kappa shape index (κ1) is 15.9. The van der Waals surface area contributed by atoms with Gasteiger partial charge >= 0.3 is 7.60 Å². The molecule has 1 rings (SSSR count). The average Bonchev–Trinajstić information content (AvgIpc) is 2.37. The molecule has 5 nitrogen and oxygen atoms in total. The van der Waals surface area contributed by atoms with Crippen molar-refractivity contribution in [3.8, 4) is 0 Å². The van der Waals surface area contributed by atoms with E-state index in [0.717, 1.165) is 0 Å². The van der Waals surface area contributed by atoms with Gasteiger partial charge in [0.25, 0.3) is 0 Å². The largest absolute Gasteiger partial charge is 0.357 e. The third kappa shape index (κ3) is 4.46. The van der Waals surface area contributed by atoms with Gasteiger partial charge in [-0.1, -0.05) is 30.3 Å². The number of rotatable bonds is 7. The van der Waals surface area contributed by atoms with Crippen molar-refractivity contribution in [2.75, 3.05) is 13.2 Å². The minimum Gasteiger partial charge on any atom is -0.339 e. The SMILES string of the molecule is CCOP(=O)(OCC)C(NC(C)=O)c1ccccc1. The van der Waals surface area contributed by atoms with E-state index in [0.29, 0.717) is 5.56 Å². The van der Waals surface area contributed by atoms with Gasteiger partial charge in [0.1, 0.15) is 0 Å². The molecule has 0 saturated heterocycles. The third-order valence-electron chi connectivity index (χ3n) is 2.39. The van der Waals surface area contributed by atoms with Crippen molar-refractivity contribution >= 4 is 13.5 Å². The molecule has 0 fully saturated rings. The van der Waals surface area contributed by atoms with Gasteiger partial charge in [0.15, 0.2) is 5.78 Å². The van der Waals surface area contributed by atoms with E-state index in [9.17, 15) is 9.36 Å². The van der Waals surface area contributed by atoms with Gasteiger partial charge < -0.3 is 14.4 Å². The van der Waals surface area contributed by atoms with Crippen LogP contribution >= 0.6 is 7.60 Å². The van der Waals surface area contributed by atoms with Crippen LogP contribution < -0.4 is 5.32 Å². The average molecular weight is 285 g/mol. The summed E-state index contributed by atoms with van der Waals surface area (Å²) in [4.78, 5) is 11.3. The molecule has 0 bridgehead atoms. The summed E-state index contributed by atoms with van der Waals surface area (Å²) in [7, 11) is -3.44. The van der Waals surface area contributed by atoms with Crippen LogP contribution in [0, 0.1) is 0 Å². The first-order chi connectivity index (χ1) is 9.03. The molecule has 1 amide bonds. The summed E-state index contributed by atoms with van der Waals surface area (Å²) >= 11 is 0. The Morgan fingerprint density at radius 3 is 2.16 bits per heavy atom. The van der Waals surface area contributed by atoms with Crippen molar-refractivity contribution in [2.45, 2.75) is 26.6 Å². The molecular formula is C13H20NO4P. The summed E-state index contributed by atoms with van der Waals surface area (Å²) in [5.41, 5.74) is 0.697. The van der Waals surface area contributed by atoms with Crippen molar-refractivity contribution in [1.82, 2.24) is 5.32 Å². The first-order valence-corrected chi connectivity index (χ1v) is 7.85. The number of carbonyl (C=O) groups is 1. The first-order valence-electron chi connectivity index (χ1n) is 6.24. The van der Waals surface area contributed by atoms with Gasteiger partial charge in [-0.25, -0.2) is 0 Å². The maximum Gasteiger partial charge on any atom is 0.357 e. The summed E-state index contributed by atoms with van der Waals surface area (Å²) < 4.78 is 23.4. The third-order valence-corrected chi connectivity index (χ3v) is 4.69. The Hall–Kier alpha value is -1.16. The highest BCUT2D eigenvalue weighted by molar-refractivity contribution is 7.54. The fraction of sp³-hybridized carbons (Fsp3) is 0.462. The van der Waals surface area contributed by atoms with E-state index in [1.165, 1.54) is 6.92 Å². The van der Waals surface area contributed by atoms with E-state index in [1.54, 1.807) is 26.0 Å². The number of hydrogen-bond donors (Lipinski definition) is 1. The maximum atomic E-state index is 12.8. The predicted octanol–water partition coefficient (Wildman–Crippen LogP) is 3.09. The fourth-order valence-corrected chi connectivity index (χ4v) is 3.69. The van der Waals surface area contributed by atoms with Crippen molar-refractivity contribution in [1.29, 1.82) is 0 Å². The molecule has 1 unspecified atom stereocenters. The minimum atomic E-state index is -3.44. The molecule has 0 aromatic heterocycles. The van der Waals surface area contributed by atoms with Gasteiger partial charge in [-0.3, -0.25) is 9.36 Å². The maximum absolute atomic E-state index is 12.8. The fourth-order valence-electron chi connectivity index (χ4n) is 1.72. The Bertz CT molecular complexity index is 439. The molecule has 0 aliphatic rings. The summed E-state index contributed by atoms with van der Waals surface area (Å²) in [6, 6.07) is 9.04. The molecule has 106 valence electrons. The van der Waals surface area contributed by atoms with Gasteiger partial charge in [-0.05, 0) is 19.4 Å². The van der Waals surface area contributed by atoms with Crippen molar-refractivity contribution in [3.05, 3.63) is 35.9 Å². The standard InChI is InChI=1S/C13H20NO4P/c1-4-17-19(16,18-5-2)13(14-11(3)15)12-9-7-6-8-10-12/h6-10,13H,4-5H2,1-3H3,(H,14,15). The molecule has 0 spiro atoms. The topological polar surface area (TPSA) is 64.6 Å². The number of nitrogens with one attached hydrogen (secondary N) is 1. The van der Waals surface area contributed by atoms with Crippen LogP contribution in [0.5, 0.6) is 0 Å². The number of carbonyl (C=O) groups excluding carboxylic acids is 1. The Morgan fingerprint density at radius 1 is 1.21 bits per heavy atom.